The van der Waals surface area contributed by atoms with Crippen molar-refractivity contribution in [3.63, 3.8) is 0 Å². The summed E-state index contributed by atoms with van der Waals surface area (Å²) in [4.78, 5) is 0. The second-order valence-electron chi connectivity index (χ2n) is 3.06. The van der Waals surface area contributed by atoms with Crippen LogP contribution >= 0.6 is 0 Å². The van der Waals surface area contributed by atoms with Crippen molar-refractivity contribution < 1.29 is 4.74 Å². The third-order valence-electron chi connectivity index (χ3n) is 1.84. The van der Waals surface area contributed by atoms with Crippen molar-refractivity contribution in [3.05, 3.63) is 12.2 Å². The maximum absolute atomic E-state index is 5.37. The molecular weight excluding hydrogens is 148 g/mol. The normalized spacial score (nSPS) is 11.2. The molecule has 12 heavy (non-hydrogen) atoms. The van der Waals surface area contributed by atoms with Gasteiger partial charge in [0.1, 0.15) is 0 Å². The van der Waals surface area contributed by atoms with Crippen molar-refractivity contribution in [1.82, 2.24) is 0 Å². The minimum absolute atomic E-state index is 0.782. The van der Waals surface area contributed by atoms with Crippen LogP contribution in [0.3, 0.4) is 0 Å². The van der Waals surface area contributed by atoms with E-state index in [9.17, 15) is 0 Å². The molecule has 0 radical (unpaired) electrons. The van der Waals surface area contributed by atoms with Gasteiger partial charge in [0.05, 0.1) is 6.61 Å². The summed E-state index contributed by atoms with van der Waals surface area (Å²) < 4.78 is 5.37. The highest BCUT2D eigenvalue weighted by molar-refractivity contribution is 4.75. The fraction of sp³-hybridized carbons (Fsp3) is 0.818. The Morgan fingerprint density at radius 1 is 1.08 bits per heavy atom. The SMILES string of the molecule is C/C=C\COCCCCCCC. The predicted octanol–water partition coefficient (Wildman–Crippen LogP) is 3.55. The van der Waals surface area contributed by atoms with Crippen molar-refractivity contribution in [2.24, 2.45) is 0 Å². The summed E-state index contributed by atoms with van der Waals surface area (Å²) in [5, 5.41) is 0. The lowest BCUT2D eigenvalue weighted by Gasteiger charge is -2.00. The van der Waals surface area contributed by atoms with Crippen LogP contribution in [0.5, 0.6) is 0 Å². The first kappa shape index (κ1) is 11.7. The first-order valence-corrected chi connectivity index (χ1v) is 5.10. The molecule has 0 aliphatic rings. The molecule has 0 aromatic carbocycles. The number of hydrogen-bond donors (Lipinski definition) is 0. The van der Waals surface area contributed by atoms with E-state index < -0.39 is 0 Å². The summed E-state index contributed by atoms with van der Waals surface area (Å²) in [5.74, 6) is 0. The minimum Gasteiger partial charge on any atom is -0.377 e. The van der Waals surface area contributed by atoms with Crippen LogP contribution < -0.4 is 0 Å². The van der Waals surface area contributed by atoms with E-state index in [1.54, 1.807) is 0 Å². The van der Waals surface area contributed by atoms with Gasteiger partial charge in [-0.05, 0) is 13.3 Å². The van der Waals surface area contributed by atoms with Gasteiger partial charge in [0, 0.05) is 6.61 Å². The molecule has 0 N–H and O–H groups in total. The van der Waals surface area contributed by atoms with Crippen LogP contribution in [-0.2, 0) is 4.74 Å². The van der Waals surface area contributed by atoms with E-state index in [4.69, 9.17) is 4.74 Å². The Hall–Kier alpha value is -0.300. The Morgan fingerprint density at radius 3 is 2.50 bits per heavy atom. The quantitative estimate of drug-likeness (QED) is 0.400. The standard InChI is InChI=1S/C11H22O/c1-3-5-7-8-9-11-12-10-6-4-2/h4,6H,3,5,7-11H2,1-2H3/b6-4-. The van der Waals surface area contributed by atoms with Gasteiger partial charge in [0.25, 0.3) is 0 Å². The first-order chi connectivity index (χ1) is 5.91. The Balaban J connectivity index is 2.81. The Labute approximate surface area is 76.8 Å². The molecule has 0 aliphatic heterocycles. The van der Waals surface area contributed by atoms with Crippen molar-refractivity contribution in [1.29, 1.82) is 0 Å². The summed E-state index contributed by atoms with van der Waals surface area (Å²) >= 11 is 0. The molecular formula is C11H22O. The molecule has 0 rings (SSSR count). The molecule has 0 bridgehead atoms. The maximum Gasteiger partial charge on any atom is 0.0647 e. The molecule has 0 fully saturated rings. The lowest BCUT2D eigenvalue weighted by molar-refractivity contribution is 0.157. The van der Waals surface area contributed by atoms with Crippen molar-refractivity contribution in [2.75, 3.05) is 13.2 Å². The van der Waals surface area contributed by atoms with E-state index in [1.807, 2.05) is 19.1 Å². The summed E-state index contributed by atoms with van der Waals surface area (Å²) in [6.45, 7) is 5.96. The lowest BCUT2D eigenvalue weighted by atomic mass is 10.2. The van der Waals surface area contributed by atoms with Crippen LogP contribution in [0.2, 0.25) is 0 Å². The van der Waals surface area contributed by atoms with Gasteiger partial charge in [0.15, 0.2) is 0 Å². The van der Waals surface area contributed by atoms with Gasteiger partial charge in [-0.3, -0.25) is 0 Å². The summed E-state index contributed by atoms with van der Waals surface area (Å²) in [7, 11) is 0. The van der Waals surface area contributed by atoms with E-state index in [0.29, 0.717) is 0 Å². The average Bonchev–Trinajstić information content (AvgIpc) is 2.10. The molecule has 1 heteroatoms. The van der Waals surface area contributed by atoms with E-state index >= 15 is 0 Å². The third-order valence-corrected chi connectivity index (χ3v) is 1.84. The number of hydrogen-bond acceptors (Lipinski definition) is 1. The Kier molecular flexibility index (Phi) is 10.4. The molecule has 1 nitrogen and oxygen atoms in total. The highest BCUT2D eigenvalue weighted by atomic mass is 16.5. The number of ether oxygens (including phenoxy) is 1. The molecule has 0 unspecified atom stereocenters. The summed E-state index contributed by atoms with van der Waals surface area (Å²) in [5.41, 5.74) is 0. The van der Waals surface area contributed by atoms with Crippen LogP contribution in [0, 0.1) is 0 Å². The monoisotopic (exact) mass is 170 g/mol. The van der Waals surface area contributed by atoms with E-state index in [1.165, 1.54) is 32.1 Å². The van der Waals surface area contributed by atoms with Gasteiger partial charge < -0.3 is 4.74 Å². The third kappa shape index (κ3) is 9.70. The van der Waals surface area contributed by atoms with Gasteiger partial charge in [-0.15, -0.1) is 0 Å². The van der Waals surface area contributed by atoms with Crippen LogP contribution in [0.25, 0.3) is 0 Å². The molecule has 0 heterocycles. The molecule has 0 amide bonds. The maximum atomic E-state index is 5.37. The van der Waals surface area contributed by atoms with Gasteiger partial charge in [-0.2, -0.15) is 0 Å². The lowest BCUT2D eigenvalue weighted by Crippen LogP contribution is -1.93. The highest BCUT2D eigenvalue weighted by Crippen LogP contribution is 2.01. The van der Waals surface area contributed by atoms with Gasteiger partial charge in [-0.25, -0.2) is 0 Å². The molecule has 72 valence electrons. The zero-order valence-electron chi connectivity index (χ0n) is 8.51. The highest BCUT2D eigenvalue weighted by Gasteiger charge is 1.88. The van der Waals surface area contributed by atoms with Crippen molar-refractivity contribution >= 4 is 0 Å². The molecule has 0 aliphatic carbocycles. The van der Waals surface area contributed by atoms with Crippen LogP contribution in [0.1, 0.15) is 46.0 Å². The molecule has 0 saturated heterocycles. The van der Waals surface area contributed by atoms with Crippen LogP contribution in [0.15, 0.2) is 12.2 Å². The fourth-order valence-corrected chi connectivity index (χ4v) is 1.06. The zero-order valence-corrected chi connectivity index (χ0v) is 8.51. The van der Waals surface area contributed by atoms with E-state index in [-0.39, 0.29) is 0 Å². The second kappa shape index (κ2) is 10.7. The molecule has 0 aromatic rings. The van der Waals surface area contributed by atoms with Gasteiger partial charge in [0.2, 0.25) is 0 Å². The van der Waals surface area contributed by atoms with E-state index in [2.05, 4.69) is 6.92 Å². The number of unbranched alkanes of at least 4 members (excludes halogenated alkanes) is 4. The van der Waals surface area contributed by atoms with Gasteiger partial charge in [-0.1, -0.05) is 44.8 Å². The van der Waals surface area contributed by atoms with E-state index in [0.717, 1.165) is 13.2 Å². The summed E-state index contributed by atoms with van der Waals surface area (Å²) in [6.07, 6.45) is 10.7. The van der Waals surface area contributed by atoms with Gasteiger partial charge >= 0.3 is 0 Å². The topological polar surface area (TPSA) is 9.23 Å². The van der Waals surface area contributed by atoms with Crippen LogP contribution in [0.4, 0.5) is 0 Å². The zero-order chi connectivity index (χ0) is 9.07. The van der Waals surface area contributed by atoms with Crippen LogP contribution in [-0.4, -0.2) is 13.2 Å². The van der Waals surface area contributed by atoms with Crippen molar-refractivity contribution in [3.8, 4) is 0 Å². The first-order valence-electron chi connectivity index (χ1n) is 5.10. The summed E-state index contributed by atoms with van der Waals surface area (Å²) in [6, 6.07) is 0. The molecule has 0 saturated carbocycles. The number of rotatable bonds is 8. The van der Waals surface area contributed by atoms with Crippen molar-refractivity contribution in [2.45, 2.75) is 46.0 Å². The fourth-order valence-electron chi connectivity index (χ4n) is 1.06. The Bertz CT molecular complexity index is 97.2. The minimum atomic E-state index is 0.782. The average molecular weight is 170 g/mol. The second-order valence-corrected chi connectivity index (χ2v) is 3.06. The smallest absolute Gasteiger partial charge is 0.0647 e. The largest absolute Gasteiger partial charge is 0.377 e. The molecule has 0 spiro atoms. The Morgan fingerprint density at radius 2 is 1.83 bits per heavy atom. The molecule has 0 atom stereocenters. The molecule has 0 aromatic heterocycles. The number of allylic oxidation sites excluding steroid dienone is 1. The predicted molar refractivity (Wildman–Crippen MR) is 54.4 cm³/mol.